The van der Waals surface area contributed by atoms with Crippen LogP contribution >= 0.6 is 0 Å². The third-order valence-corrected chi connectivity index (χ3v) is 3.76. The van der Waals surface area contributed by atoms with Crippen molar-refractivity contribution in [1.82, 2.24) is 10.4 Å². The second-order valence-corrected chi connectivity index (χ2v) is 5.07. The van der Waals surface area contributed by atoms with Gasteiger partial charge >= 0.3 is 0 Å². The van der Waals surface area contributed by atoms with Crippen LogP contribution < -0.4 is 5.48 Å². The zero-order valence-corrected chi connectivity index (χ0v) is 11.5. The lowest BCUT2D eigenvalue weighted by Crippen LogP contribution is -2.49. The molecular weight excluding hydrogens is 260 g/mol. The summed E-state index contributed by atoms with van der Waals surface area (Å²) in [5.41, 5.74) is 4.03. The number of amides is 2. The van der Waals surface area contributed by atoms with E-state index < -0.39 is 18.1 Å². The van der Waals surface area contributed by atoms with Gasteiger partial charge < -0.3 is 10.0 Å². The molecule has 6 heteroatoms. The third-order valence-electron chi connectivity index (χ3n) is 3.76. The zero-order chi connectivity index (χ0) is 14.9. The van der Waals surface area contributed by atoms with E-state index in [-0.39, 0.29) is 12.5 Å². The molecule has 1 aliphatic rings. The van der Waals surface area contributed by atoms with Crippen molar-refractivity contribution in [3.63, 3.8) is 0 Å². The number of aliphatic hydroxyl groups is 1. The maximum Gasteiger partial charge on any atom is 0.268 e. The number of hydroxylamine groups is 1. The summed E-state index contributed by atoms with van der Waals surface area (Å²) in [4.78, 5) is 25.3. The van der Waals surface area contributed by atoms with Crippen molar-refractivity contribution in [2.45, 2.75) is 32.4 Å². The van der Waals surface area contributed by atoms with Crippen molar-refractivity contribution >= 4 is 11.8 Å². The zero-order valence-electron chi connectivity index (χ0n) is 11.5. The van der Waals surface area contributed by atoms with Crippen LogP contribution in [-0.4, -0.2) is 45.7 Å². The van der Waals surface area contributed by atoms with E-state index in [1.165, 1.54) is 10.4 Å². The lowest BCUT2D eigenvalue weighted by Gasteiger charge is -2.24. The standard InChI is InChI=1S/C14H18N2O4/c1-8-3-4-10(7-9(8)2)14(19)16-6-5-11(17)12(16)13(18)15-20/h3-4,7,11-12,17,20H,5-6H2,1-2H3,(H,15,18)/t11-,12+/m1/s1. The average Bonchev–Trinajstić information content (AvgIpc) is 2.82. The fraction of sp³-hybridized carbons (Fsp3) is 0.429. The normalized spacial score (nSPS) is 21.9. The molecule has 0 bridgehead atoms. The largest absolute Gasteiger partial charge is 0.390 e. The van der Waals surface area contributed by atoms with E-state index in [1.54, 1.807) is 12.1 Å². The molecule has 0 unspecified atom stereocenters. The molecule has 0 aliphatic carbocycles. The van der Waals surface area contributed by atoms with Crippen LogP contribution in [0.2, 0.25) is 0 Å². The number of carbonyl (C=O) groups excluding carboxylic acids is 2. The summed E-state index contributed by atoms with van der Waals surface area (Å²) in [6.07, 6.45) is -0.646. The van der Waals surface area contributed by atoms with E-state index in [0.717, 1.165) is 11.1 Å². The molecule has 0 saturated carbocycles. The molecule has 2 atom stereocenters. The van der Waals surface area contributed by atoms with E-state index in [4.69, 9.17) is 5.21 Å². The van der Waals surface area contributed by atoms with Gasteiger partial charge in [0.1, 0.15) is 6.04 Å². The third kappa shape index (κ3) is 2.52. The van der Waals surface area contributed by atoms with Crippen LogP contribution in [-0.2, 0) is 4.79 Å². The van der Waals surface area contributed by atoms with Crippen LogP contribution in [0.15, 0.2) is 18.2 Å². The van der Waals surface area contributed by atoms with Crippen molar-refractivity contribution in [2.24, 2.45) is 0 Å². The first-order chi connectivity index (χ1) is 9.45. The van der Waals surface area contributed by atoms with Gasteiger partial charge in [0.25, 0.3) is 11.8 Å². The molecule has 2 rings (SSSR count). The molecule has 0 aromatic heterocycles. The van der Waals surface area contributed by atoms with Crippen molar-refractivity contribution in [1.29, 1.82) is 0 Å². The van der Waals surface area contributed by atoms with Crippen LogP contribution in [0.3, 0.4) is 0 Å². The number of hydrogen-bond acceptors (Lipinski definition) is 4. The molecular formula is C14H18N2O4. The predicted molar refractivity (Wildman–Crippen MR) is 71.3 cm³/mol. The Hall–Kier alpha value is -1.92. The summed E-state index contributed by atoms with van der Waals surface area (Å²) in [6.45, 7) is 4.14. The van der Waals surface area contributed by atoms with E-state index in [2.05, 4.69) is 0 Å². The van der Waals surface area contributed by atoms with Gasteiger partial charge in [0, 0.05) is 12.1 Å². The molecule has 1 aliphatic heterocycles. The Morgan fingerprint density at radius 1 is 1.30 bits per heavy atom. The number of likely N-dealkylation sites (tertiary alicyclic amines) is 1. The van der Waals surface area contributed by atoms with Crippen LogP contribution in [0.25, 0.3) is 0 Å². The summed E-state index contributed by atoms with van der Waals surface area (Å²) in [5, 5.41) is 18.5. The Bertz CT molecular complexity index is 544. The average molecular weight is 278 g/mol. The molecule has 1 aromatic carbocycles. The summed E-state index contributed by atoms with van der Waals surface area (Å²) >= 11 is 0. The molecule has 1 saturated heterocycles. The van der Waals surface area contributed by atoms with E-state index in [1.807, 2.05) is 19.9 Å². The summed E-state index contributed by atoms with van der Waals surface area (Å²) in [6, 6.07) is 4.25. The van der Waals surface area contributed by atoms with Crippen molar-refractivity contribution in [3.05, 3.63) is 34.9 Å². The Kier molecular flexibility index (Phi) is 4.06. The molecule has 0 spiro atoms. The SMILES string of the molecule is Cc1ccc(C(=O)N2CC[C@@H](O)[C@H]2C(=O)NO)cc1C. The number of aryl methyl sites for hydroxylation is 2. The Morgan fingerprint density at radius 3 is 2.60 bits per heavy atom. The number of nitrogens with zero attached hydrogens (tertiary/aromatic N) is 1. The fourth-order valence-corrected chi connectivity index (χ4v) is 2.43. The predicted octanol–water partition coefficient (Wildman–Crippen LogP) is 0.384. The quantitative estimate of drug-likeness (QED) is 0.539. The Labute approximate surface area is 117 Å². The van der Waals surface area contributed by atoms with Gasteiger partial charge in [-0.15, -0.1) is 0 Å². The number of aliphatic hydroxyl groups excluding tert-OH is 1. The molecule has 20 heavy (non-hydrogen) atoms. The van der Waals surface area contributed by atoms with E-state index in [0.29, 0.717) is 12.0 Å². The van der Waals surface area contributed by atoms with Gasteiger partial charge in [-0.3, -0.25) is 14.8 Å². The van der Waals surface area contributed by atoms with Gasteiger partial charge in [-0.25, -0.2) is 5.48 Å². The highest BCUT2D eigenvalue weighted by Crippen LogP contribution is 2.22. The minimum Gasteiger partial charge on any atom is -0.390 e. The number of rotatable bonds is 2. The molecule has 3 N–H and O–H groups in total. The maximum absolute atomic E-state index is 12.4. The van der Waals surface area contributed by atoms with Crippen LogP contribution in [0, 0.1) is 13.8 Å². The summed E-state index contributed by atoms with van der Waals surface area (Å²) in [5.74, 6) is -1.09. The molecule has 1 aromatic rings. The first-order valence-electron chi connectivity index (χ1n) is 6.46. The second kappa shape index (κ2) is 5.60. The van der Waals surface area contributed by atoms with Gasteiger partial charge in [0.05, 0.1) is 6.10 Å². The molecule has 0 radical (unpaired) electrons. The highest BCUT2D eigenvalue weighted by atomic mass is 16.5. The lowest BCUT2D eigenvalue weighted by molar-refractivity contribution is -0.135. The highest BCUT2D eigenvalue weighted by molar-refractivity contribution is 5.98. The molecule has 1 heterocycles. The van der Waals surface area contributed by atoms with Crippen molar-refractivity contribution in [3.8, 4) is 0 Å². The number of hydrogen-bond donors (Lipinski definition) is 3. The van der Waals surface area contributed by atoms with Gasteiger partial charge in [-0.1, -0.05) is 6.07 Å². The number of carbonyl (C=O) groups is 2. The number of nitrogens with one attached hydrogen (secondary N) is 1. The van der Waals surface area contributed by atoms with Gasteiger partial charge in [-0.05, 0) is 43.5 Å². The summed E-state index contributed by atoms with van der Waals surface area (Å²) < 4.78 is 0. The minimum absolute atomic E-state index is 0.283. The van der Waals surface area contributed by atoms with Gasteiger partial charge in [-0.2, -0.15) is 0 Å². The maximum atomic E-state index is 12.4. The monoisotopic (exact) mass is 278 g/mol. The van der Waals surface area contributed by atoms with Crippen molar-refractivity contribution in [2.75, 3.05) is 6.54 Å². The smallest absolute Gasteiger partial charge is 0.268 e. The second-order valence-electron chi connectivity index (χ2n) is 5.07. The molecule has 1 fully saturated rings. The van der Waals surface area contributed by atoms with Crippen molar-refractivity contribution < 1.29 is 19.9 Å². The van der Waals surface area contributed by atoms with E-state index in [9.17, 15) is 14.7 Å². The molecule has 2 amide bonds. The van der Waals surface area contributed by atoms with E-state index >= 15 is 0 Å². The molecule has 6 nitrogen and oxygen atoms in total. The van der Waals surface area contributed by atoms with Crippen LogP contribution in [0.5, 0.6) is 0 Å². The number of benzene rings is 1. The Morgan fingerprint density at radius 2 is 2.00 bits per heavy atom. The Balaban J connectivity index is 2.27. The van der Waals surface area contributed by atoms with Crippen LogP contribution in [0.1, 0.15) is 27.9 Å². The minimum atomic E-state index is -1.05. The summed E-state index contributed by atoms with van der Waals surface area (Å²) in [7, 11) is 0. The van der Waals surface area contributed by atoms with Crippen LogP contribution in [0.4, 0.5) is 0 Å². The highest BCUT2D eigenvalue weighted by Gasteiger charge is 2.41. The first kappa shape index (κ1) is 14.5. The van der Waals surface area contributed by atoms with Gasteiger partial charge in [0.2, 0.25) is 0 Å². The molecule has 108 valence electrons. The topological polar surface area (TPSA) is 89.9 Å². The fourth-order valence-electron chi connectivity index (χ4n) is 2.43. The van der Waals surface area contributed by atoms with Gasteiger partial charge in [0.15, 0.2) is 0 Å². The first-order valence-corrected chi connectivity index (χ1v) is 6.46. The lowest BCUT2D eigenvalue weighted by atomic mass is 10.0.